The molecule has 0 atom stereocenters. The van der Waals surface area contributed by atoms with Gasteiger partial charge in [-0.1, -0.05) is 90.3 Å². The van der Waals surface area contributed by atoms with Crippen molar-refractivity contribution in [2.75, 3.05) is 0 Å². The molecule has 0 fully saturated rings. The molecule has 0 nitrogen and oxygen atoms in total. The highest BCUT2D eigenvalue weighted by molar-refractivity contribution is 7.04. The van der Waals surface area contributed by atoms with E-state index in [2.05, 4.69) is 56.5 Å². The van der Waals surface area contributed by atoms with E-state index in [1.165, 1.54) is 23.2 Å². The Morgan fingerprint density at radius 1 is 0.913 bits per heavy atom. The van der Waals surface area contributed by atoms with Crippen LogP contribution in [0.2, 0.25) is 32.2 Å². The van der Waals surface area contributed by atoms with Crippen molar-refractivity contribution in [2.45, 2.75) is 38.7 Å². The van der Waals surface area contributed by atoms with Crippen LogP contribution in [0.4, 0.5) is 4.39 Å². The Hall–Kier alpha value is -1.46. The zero-order valence-corrected chi connectivity index (χ0v) is 16.5. The molecule has 1 heterocycles. The lowest BCUT2D eigenvalue weighted by Gasteiger charge is -2.29. The Balaban J connectivity index is 2.17. The van der Waals surface area contributed by atoms with E-state index in [9.17, 15) is 4.39 Å². The number of halogens is 1. The number of hydrogen-bond donors (Lipinski definition) is 0. The van der Waals surface area contributed by atoms with E-state index in [1.54, 1.807) is 22.5 Å². The van der Waals surface area contributed by atoms with Gasteiger partial charge in [0.1, 0.15) is 13.9 Å². The van der Waals surface area contributed by atoms with Crippen LogP contribution in [0.1, 0.15) is 12.0 Å². The molecule has 2 aromatic rings. The van der Waals surface area contributed by atoms with Crippen LogP contribution in [0.3, 0.4) is 0 Å². The van der Waals surface area contributed by atoms with Crippen LogP contribution in [0, 0.1) is 5.82 Å². The first-order chi connectivity index (χ1) is 10.8. The molecule has 0 bridgehead atoms. The van der Waals surface area contributed by atoms with Crippen molar-refractivity contribution in [3.05, 3.63) is 71.2 Å². The molecule has 2 aromatic carbocycles. The van der Waals surface area contributed by atoms with Crippen molar-refractivity contribution in [2.24, 2.45) is 0 Å². The quantitative estimate of drug-likeness (QED) is 0.658. The van der Waals surface area contributed by atoms with E-state index in [0.717, 1.165) is 0 Å². The van der Waals surface area contributed by atoms with E-state index >= 15 is 0 Å². The summed E-state index contributed by atoms with van der Waals surface area (Å²) in [6.07, 6.45) is 1.22. The molecule has 0 N–H and O–H groups in total. The summed E-state index contributed by atoms with van der Waals surface area (Å²) in [6, 6.07) is 19.5. The van der Waals surface area contributed by atoms with Gasteiger partial charge in [-0.3, -0.25) is 0 Å². The van der Waals surface area contributed by atoms with E-state index in [4.69, 9.17) is 0 Å². The zero-order valence-electron chi connectivity index (χ0n) is 14.5. The molecule has 0 saturated carbocycles. The van der Waals surface area contributed by atoms with Crippen molar-refractivity contribution >= 4 is 26.5 Å². The van der Waals surface area contributed by atoms with Gasteiger partial charge in [0.2, 0.25) is 0 Å². The maximum Gasteiger partial charge on any atom is 0.123 e. The van der Waals surface area contributed by atoms with Crippen LogP contribution in [-0.4, -0.2) is 16.1 Å². The van der Waals surface area contributed by atoms with E-state index in [-0.39, 0.29) is 5.82 Å². The summed E-state index contributed by atoms with van der Waals surface area (Å²) in [4.78, 5) is 0. The lowest BCUT2D eigenvalue weighted by atomic mass is 10.2. The molecule has 23 heavy (non-hydrogen) atoms. The summed E-state index contributed by atoms with van der Waals surface area (Å²) >= 11 is 0. The molecular formula is C20H25FSi2. The van der Waals surface area contributed by atoms with Crippen molar-refractivity contribution in [1.82, 2.24) is 0 Å². The molecule has 0 spiro atoms. The number of allylic oxidation sites excluding steroid dienone is 1. The lowest BCUT2D eigenvalue weighted by Crippen LogP contribution is -2.44. The van der Waals surface area contributed by atoms with Crippen molar-refractivity contribution in [1.29, 1.82) is 0 Å². The summed E-state index contributed by atoms with van der Waals surface area (Å²) in [5.41, 5.74) is 1.26. The fourth-order valence-corrected chi connectivity index (χ4v) is 12.0. The molecule has 1 aliphatic heterocycles. The van der Waals surface area contributed by atoms with Crippen molar-refractivity contribution in [3.63, 3.8) is 0 Å². The van der Waals surface area contributed by atoms with Crippen LogP contribution in [0.5, 0.6) is 0 Å². The van der Waals surface area contributed by atoms with E-state index in [1.807, 2.05) is 12.1 Å². The van der Waals surface area contributed by atoms with Gasteiger partial charge in [0.05, 0.1) is 8.07 Å². The first-order valence-electron chi connectivity index (χ1n) is 8.38. The smallest absolute Gasteiger partial charge is 0.123 e. The maximum atomic E-state index is 13.4. The molecule has 120 valence electrons. The number of hydrogen-bond acceptors (Lipinski definition) is 0. The third-order valence-corrected chi connectivity index (χ3v) is 12.8. The minimum absolute atomic E-state index is 0.145. The summed E-state index contributed by atoms with van der Waals surface area (Å²) in [6.45, 7) is 9.87. The molecule has 0 unspecified atom stereocenters. The average Bonchev–Trinajstić information content (AvgIpc) is 2.85. The Kier molecular flexibility index (Phi) is 4.19. The molecule has 0 saturated heterocycles. The Morgan fingerprint density at radius 3 is 2.13 bits per heavy atom. The van der Waals surface area contributed by atoms with Crippen LogP contribution in [0.25, 0.3) is 5.20 Å². The molecule has 1 aliphatic rings. The van der Waals surface area contributed by atoms with Gasteiger partial charge in [-0.15, -0.1) is 0 Å². The van der Waals surface area contributed by atoms with Gasteiger partial charge in [0, 0.05) is 0 Å². The standard InChI is InChI=1S/C20H25FSi2/c1-22(2)15-14-19(20(22)16-10-12-17(21)13-11-16)23(3,4)18-8-6-5-7-9-18/h5-13H,14-15H2,1-4H3. The first kappa shape index (κ1) is 16.4. The Morgan fingerprint density at radius 2 is 1.52 bits per heavy atom. The summed E-state index contributed by atoms with van der Waals surface area (Å²) in [5, 5.41) is 4.78. The van der Waals surface area contributed by atoms with Gasteiger partial charge in [-0.2, -0.15) is 0 Å². The van der Waals surface area contributed by atoms with E-state index in [0.29, 0.717) is 0 Å². The van der Waals surface area contributed by atoms with Gasteiger partial charge < -0.3 is 0 Å². The Bertz CT molecular complexity index is 728. The highest BCUT2D eigenvalue weighted by Crippen LogP contribution is 2.44. The highest BCUT2D eigenvalue weighted by Gasteiger charge is 2.41. The second-order valence-corrected chi connectivity index (χ2v) is 16.9. The highest BCUT2D eigenvalue weighted by atomic mass is 28.3. The summed E-state index contributed by atoms with van der Waals surface area (Å²) < 4.78 is 13.4. The molecule has 3 rings (SSSR count). The molecule has 3 heteroatoms. The monoisotopic (exact) mass is 340 g/mol. The fourth-order valence-electron chi connectivity index (χ4n) is 3.93. The molecule has 0 radical (unpaired) electrons. The van der Waals surface area contributed by atoms with Crippen LogP contribution < -0.4 is 5.19 Å². The van der Waals surface area contributed by atoms with Crippen LogP contribution in [-0.2, 0) is 0 Å². The predicted octanol–water partition coefficient (Wildman–Crippen LogP) is 5.39. The summed E-state index contributed by atoms with van der Waals surface area (Å²) in [7, 11) is -3.12. The second-order valence-electron chi connectivity index (χ2n) is 7.74. The molecule has 0 aliphatic carbocycles. The van der Waals surface area contributed by atoms with Gasteiger partial charge in [-0.05, 0) is 24.1 Å². The third-order valence-electron chi connectivity index (χ3n) is 5.36. The normalized spacial score (nSPS) is 17.6. The predicted molar refractivity (Wildman–Crippen MR) is 104 cm³/mol. The van der Waals surface area contributed by atoms with Gasteiger partial charge >= 0.3 is 0 Å². The molecular weight excluding hydrogens is 315 g/mol. The summed E-state index contributed by atoms with van der Waals surface area (Å²) in [5.74, 6) is -0.145. The van der Waals surface area contributed by atoms with Crippen molar-refractivity contribution < 1.29 is 4.39 Å². The van der Waals surface area contributed by atoms with Gasteiger partial charge in [0.25, 0.3) is 0 Å². The average molecular weight is 341 g/mol. The minimum atomic E-state index is -1.67. The van der Waals surface area contributed by atoms with Crippen molar-refractivity contribution in [3.8, 4) is 0 Å². The Labute approximate surface area is 141 Å². The number of rotatable bonds is 3. The van der Waals surface area contributed by atoms with Gasteiger partial charge in [-0.25, -0.2) is 4.39 Å². The molecule has 0 aromatic heterocycles. The van der Waals surface area contributed by atoms with E-state index < -0.39 is 16.1 Å². The topological polar surface area (TPSA) is 0 Å². The second kappa shape index (κ2) is 5.88. The maximum absolute atomic E-state index is 13.4. The zero-order chi connectivity index (χ0) is 16.7. The largest absolute Gasteiger partial charge is 0.207 e. The SMILES string of the molecule is C[Si]1(C)CCC([Si](C)(C)c2ccccc2)=C1c1ccc(F)cc1. The fraction of sp³-hybridized carbons (Fsp3) is 0.300. The van der Waals surface area contributed by atoms with Crippen LogP contribution >= 0.6 is 0 Å². The number of benzene rings is 2. The third kappa shape index (κ3) is 3.00. The molecule has 0 amide bonds. The van der Waals surface area contributed by atoms with Gasteiger partial charge in [0.15, 0.2) is 0 Å². The minimum Gasteiger partial charge on any atom is -0.207 e. The first-order valence-corrected chi connectivity index (χ1v) is 14.6. The van der Waals surface area contributed by atoms with Crippen LogP contribution in [0.15, 0.2) is 59.8 Å². The lowest BCUT2D eigenvalue weighted by molar-refractivity contribution is 0.627.